The van der Waals surface area contributed by atoms with Crippen LogP contribution in [0.5, 0.6) is 0 Å². The summed E-state index contributed by atoms with van der Waals surface area (Å²) in [5, 5.41) is 14.3. The molecule has 0 aliphatic rings. The maximum Gasteiger partial charge on any atom is 0.269 e. The second-order valence-electron chi connectivity index (χ2n) is 6.46. The van der Waals surface area contributed by atoms with Crippen molar-refractivity contribution in [2.75, 3.05) is 11.1 Å². The summed E-state index contributed by atoms with van der Waals surface area (Å²) in [6, 6.07) is 10.6. The highest BCUT2D eigenvalue weighted by Gasteiger charge is 2.13. The number of anilines is 1. The second-order valence-corrected chi connectivity index (χ2v) is 7.41. The lowest BCUT2D eigenvalue weighted by Crippen LogP contribution is -2.15. The number of benzene rings is 2. The maximum absolute atomic E-state index is 12.3. The van der Waals surface area contributed by atoms with Gasteiger partial charge in [0.2, 0.25) is 5.91 Å². The topological polar surface area (TPSA) is 90.1 Å². The van der Waals surface area contributed by atoms with E-state index in [1.165, 1.54) is 23.9 Å². The average Bonchev–Trinajstić information content (AvgIpc) is 3.12. The molecule has 0 spiro atoms. The van der Waals surface area contributed by atoms with Crippen LogP contribution in [0.4, 0.5) is 11.4 Å². The van der Waals surface area contributed by atoms with Gasteiger partial charge in [-0.15, -0.1) is 0 Å². The number of imidazole rings is 1. The van der Waals surface area contributed by atoms with Crippen LogP contribution >= 0.6 is 11.8 Å². The lowest BCUT2D eigenvalue weighted by atomic mass is 10.1. The van der Waals surface area contributed by atoms with Crippen molar-refractivity contribution in [2.24, 2.45) is 0 Å². The first kappa shape index (κ1) is 19.6. The van der Waals surface area contributed by atoms with Gasteiger partial charge in [-0.2, -0.15) is 0 Å². The molecule has 1 amide bonds. The number of hydrogen-bond donors (Lipinski definition) is 1. The van der Waals surface area contributed by atoms with E-state index in [4.69, 9.17) is 0 Å². The van der Waals surface area contributed by atoms with Gasteiger partial charge >= 0.3 is 0 Å². The first-order valence-electron chi connectivity index (χ1n) is 8.64. The third-order valence-electron chi connectivity index (χ3n) is 4.26. The maximum atomic E-state index is 12.3. The highest BCUT2D eigenvalue weighted by Crippen LogP contribution is 2.25. The van der Waals surface area contributed by atoms with E-state index < -0.39 is 4.92 Å². The molecule has 0 saturated carbocycles. The van der Waals surface area contributed by atoms with Gasteiger partial charge in [-0.25, -0.2) is 4.98 Å². The molecule has 8 heteroatoms. The van der Waals surface area contributed by atoms with Crippen molar-refractivity contribution >= 4 is 29.0 Å². The van der Waals surface area contributed by atoms with E-state index in [0.717, 1.165) is 22.0 Å². The molecule has 0 unspecified atom stereocenters. The molecule has 0 fully saturated rings. The van der Waals surface area contributed by atoms with Gasteiger partial charge < -0.3 is 5.32 Å². The normalized spacial score (nSPS) is 10.7. The standard InChI is InChI=1S/C20H20N4O3S/c1-13-4-5-14(2)18(10-13)23-9-8-21-20(23)28-12-19(25)22-17-7-6-16(24(26)27)11-15(17)3/h4-11H,12H2,1-3H3,(H,22,25). The average molecular weight is 396 g/mol. The van der Waals surface area contributed by atoms with Crippen LogP contribution in [0.25, 0.3) is 5.69 Å². The van der Waals surface area contributed by atoms with Gasteiger partial charge in [0.25, 0.3) is 5.69 Å². The second kappa shape index (κ2) is 8.26. The van der Waals surface area contributed by atoms with Gasteiger partial charge in [0.1, 0.15) is 0 Å². The number of non-ortho nitro benzene ring substituents is 1. The number of rotatable bonds is 6. The molecule has 28 heavy (non-hydrogen) atoms. The Labute approximate surface area is 166 Å². The molecule has 0 bridgehead atoms. The van der Waals surface area contributed by atoms with E-state index in [9.17, 15) is 14.9 Å². The number of nitrogens with one attached hydrogen (secondary N) is 1. The van der Waals surface area contributed by atoms with Gasteiger partial charge in [-0.1, -0.05) is 23.9 Å². The van der Waals surface area contributed by atoms with Crippen molar-refractivity contribution in [1.29, 1.82) is 0 Å². The van der Waals surface area contributed by atoms with E-state index in [2.05, 4.69) is 28.5 Å². The van der Waals surface area contributed by atoms with E-state index >= 15 is 0 Å². The van der Waals surface area contributed by atoms with Crippen LogP contribution in [0, 0.1) is 30.9 Å². The highest BCUT2D eigenvalue weighted by molar-refractivity contribution is 7.99. The molecule has 144 valence electrons. The van der Waals surface area contributed by atoms with Crippen molar-refractivity contribution in [3.63, 3.8) is 0 Å². The summed E-state index contributed by atoms with van der Waals surface area (Å²) in [5.41, 5.74) is 4.51. The minimum Gasteiger partial charge on any atom is -0.325 e. The quantitative estimate of drug-likeness (QED) is 0.378. The SMILES string of the molecule is Cc1ccc(C)c(-n2ccnc2SCC(=O)Nc2ccc([N+](=O)[O-])cc2C)c1. The molecule has 0 radical (unpaired) electrons. The summed E-state index contributed by atoms with van der Waals surface area (Å²) in [4.78, 5) is 27.1. The predicted octanol–water partition coefficient (Wildman–Crippen LogP) is 4.44. The van der Waals surface area contributed by atoms with Crippen LogP contribution in [-0.4, -0.2) is 26.1 Å². The molecule has 1 N–H and O–H groups in total. The third-order valence-corrected chi connectivity index (χ3v) is 5.23. The molecule has 3 rings (SSSR count). The third kappa shape index (κ3) is 4.40. The number of thioether (sulfide) groups is 1. The van der Waals surface area contributed by atoms with Gasteiger partial charge in [0.15, 0.2) is 5.16 Å². The Hall–Kier alpha value is -3.13. The molecule has 1 heterocycles. The van der Waals surface area contributed by atoms with Gasteiger partial charge in [0.05, 0.1) is 16.4 Å². The van der Waals surface area contributed by atoms with Gasteiger partial charge in [-0.05, 0) is 49.6 Å². The van der Waals surface area contributed by atoms with Crippen molar-refractivity contribution in [3.05, 3.63) is 75.6 Å². The van der Waals surface area contributed by atoms with Crippen molar-refractivity contribution in [3.8, 4) is 5.69 Å². The lowest BCUT2D eigenvalue weighted by molar-refractivity contribution is -0.384. The number of nitro groups is 1. The zero-order valence-electron chi connectivity index (χ0n) is 15.8. The number of nitrogens with zero attached hydrogens (tertiary/aromatic N) is 3. The largest absolute Gasteiger partial charge is 0.325 e. The molecule has 0 aliphatic carbocycles. The fraction of sp³-hybridized carbons (Fsp3) is 0.200. The van der Waals surface area contributed by atoms with Crippen LogP contribution < -0.4 is 5.32 Å². The summed E-state index contributed by atoms with van der Waals surface area (Å²) >= 11 is 1.34. The fourth-order valence-electron chi connectivity index (χ4n) is 2.78. The summed E-state index contributed by atoms with van der Waals surface area (Å²) in [6.07, 6.45) is 3.59. The number of hydrogen-bond acceptors (Lipinski definition) is 5. The Bertz CT molecular complexity index is 1050. The number of aryl methyl sites for hydroxylation is 3. The van der Waals surface area contributed by atoms with E-state index in [1.54, 1.807) is 19.2 Å². The number of carbonyl (C=O) groups is 1. The molecule has 0 saturated heterocycles. The first-order chi connectivity index (χ1) is 13.3. The van der Waals surface area contributed by atoms with Crippen molar-refractivity contribution in [2.45, 2.75) is 25.9 Å². The number of nitro benzene ring substituents is 1. The highest BCUT2D eigenvalue weighted by atomic mass is 32.2. The van der Waals surface area contributed by atoms with Crippen molar-refractivity contribution < 1.29 is 9.72 Å². The number of aromatic nitrogens is 2. The van der Waals surface area contributed by atoms with Crippen LogP contribution in [0.1, 0.15) is 16.7 Å². The zero-order chi connectivity index (χ0) is 20.3. The van der Waals surface area contributed by atoms with Gasteiger partial charge in [-0.3, -0.25) is 19.5 Å². The molecular formula is C20H20N4O3S. The smallest absolute Gasteiger partial charge is 0.269 e. The van der Waals surface area contributed by atoms with Crippen LogP contribution in [0.2, 0.25) is 0 Å². The Balaban J connectivity index is 1.69. The molecule has 2 aromatic carbocycles. The minimum absolute atomic E-state index is 0.000394. The zero-order valence-corrected chi connectivity index (χ0v) is 16.6. The van der Waals surface area contributed by atoms with Crippen LogP contribution in [-0.2, 0) is 4.79 Å². The molecule has 3 aromatic rings. The summed E-state index contributed by atoms with van der Waals surface area (Å²) in [6.45, 7) is 5.79. The summed E-state index contributed by atoms with van der Waals surface area (Å²) in [7, 11) is 0. The van der Waals surface area contributed by atoms with Crippen LogP contribution in [0.3, 0.4) is 0 Å². The minimum atomic E-state index is -0.457. The Morgan fingerprint density at radius 2 is 1.96 bits per heavy atom. The molecule has 1 aromatic heterocycles. The van der Waals surface area contributed by atoms with Crippen molar-refractivity contribution in [1.82, 2.24) is 9.55 Å². The van der Waals surface area contributed by atoms with E-state index in [1.807, 2.05) is 24.6 Å². The Morgan fingerprint density at radius 1 is 1.18 bits per heavy atom. The summed E-state index contributed by atoms with van der Waals surface area (Å²) in [5.74, 6) is -0.0179. The van der Waals surface area contributed by atoms with Gasteiger partial charge in [0, 0.05) is 30.2 Å². The Kier molecular flexibility index (Phi) is 5.79. The van der Waals surface area contributed by atoms with E-state index in [0.29, 0.717) is 11.3 Å². The Morgan fingerprint density at radius 3 is 2.68 bits per heavy atom. The molecule has 0 aliphatic heterocycles. The first-order valence-corrected chi connectivity index (χ1v) is 9.62. The summed E-state index contributed by atoms with van der Waals surface area (Å²) < 4.78 is 1.97. The lowest BCUT2D eigenvalue weighted by Gasteiger charge is -2.12. The number of amides is 1. The molecule has 0 atom stereocenters. The predicted molar refractivity (Wildman–Crippen MR) is 110 cm³/mol. The number of carbonyl (C=O) groups excluding carboxylic acids is 1. The fourth-order valence-corrected chi connectivity index (χ4v) is 3.54. The molecule has 7 nitrogen and oxygen atoms in total. The monoisotopic (exact) mass is 396 g/mol. The molecular weight excluding hydrogens is 376 g/mol. The van der Waals surface area contributed by atoms with Crippen LogP contribution in [0.15, 0.2) is 53.9 Å². The van der Waals surface area contributed by atoms with E-state index in [-0.39, 0.29) is 17.3 Å².